The molecule has 0 bridgehead atoms. The molecule has 0 saturated heterocycles. The smallest absolute Gasteiger partial charge is 0.160 e. The van der Waals surface area contributed by atoms with Gasteiger partial charge in [0.15, 0.2) is 5.58 Å². The number of fused-ring (bicyclic) bond motifs is 10. The Hall–Kier alpha value is -7.47. The van der Waals surface area contributed by atoms with Crippen molar-refractivity contribution in [3.05, 3.63) is 210 Å². The van der Waals surface area contributed by atoms with Gasteiger partial charge in [-0.3, -0.25) is 4.99 Å². The zero-order valence-corrected chi connectivity index (χ0v) is 37.1. The van der Waals surface area contributed by atoms with E-state index in [1.807, 2.05) is 11.3 Å². The van der Waals surface area contributed by atoms with Gasteiger partial charge in [-0.05, 0) is 101 Å². The normalized spacial score (nSPS) is 19.7. The first-order chi connectivity index (χ1) is 32.0. The standard InChI is InChI=1S/C60H45N3OS/c1-36-14-11-17-38(32-36)39-18-12-19-42(33-39)60-61-50(31-28-37(2)57(62-60)48-23-13-27-55-56(48)47-22-7-10-26-54(47)65-55)46-30-29-45-44-21-6-9-25-53(44)64-59(45)58(46)63-51-24-8-5-20-43(51)49-34-40-15-3-4-16-41(40)35-52(49)63/h3-27,29-31,33-37,60-61H,28,32H2,1-2H3/b50-31+,62-57+. The maximum Gasteiger partial charge on any atom is 0.160 e. The summed E-state index contributed by atoms with van der Waals surface area (Å²) in [6.07, 6.45) is 10.6. The number of para-hydroxylation sites is 2. The Bertz CT molecular complexity index is 3870. The van der Waals surface area contributed by atoms with E-state index in [-0.39, 0.29) is 5.92 Å². The van der Waals surface area contributed by atoms with Crippen LogP contribution in [-0.4, -0.2) is 10.3 Å². The first kappa shape index (κ1) is 38.0. The van der Waals surface area contributed by atoms with Crippen molar-refractivity contribution in [2.45, 2.75) is 32.9 Å². The van der Waals surface area contributed by atoms with Crippen molar-refractivity contribution in [2.75, 3.05) is 0 Å². The molecule has 1 aliphatic carbocycles. The molecule has 1 N–H and O–H groups in total. The zero-order valence-electron chi connectivity index (χ0n) is 36.3. The van der Waals surface area contributed by atoms with Crippen molar-refractivity contribution in [1.82, 2.24) is 9.88 Å². The van der Waals surface area contributed by atoms with E-state index in [1.54, 1.807) is 0 Å². The van der Waals surface area contributed by atoms with Gasteiger partial charge in [0.05, 0.1) is 16.7 Å². The number of aliphatic imine (C=N–C) groups is 1. The number of benzene rings is 8. The summed E-state index contributed by atoms with van der Waals surface area (Å²) in [6, 6.07) is 59.8. The second kappa shape index (κ2) is 15.1. The molecule has 13 rings (SSSR count). The van der Waals surface area contributed by atoms with Gasteiger partial charge < -0.3 is 14.3 Å². The van der Waals surface area contributed by atoms with E-state index in [2.05, 4.69) is 212 Å². The largest absolute Gasteiger partial charge is 0.454 e. The lowest BCUT2D eigenvalue weighted by atomic mass is 9.89. The first-order valence-electron chi connectivity index (χ1n) is 22.8. The molecule has 2 aliphatic rings. The monoisotopic (exact) mass is 855 g/mol. The summed E-state index contributed by atoms with van der Waals surface area (Å²) in [6.45, 7) is 4.64. The SMILES string of the molecule is CC1C=CC=C(c2cccc(C3/N=C(/c4cccc5sc6ccccc6c45)C(C)C/C=C(\c4ccc5c(oc6ccccc65)c4-n4c5ccccc5c5cc6ccccc6cc54)N3)c2)C1. The summed E-state index contributed by atoms with van der Waals surface area (Å²) < 4.78 is 12.1. The molecule has 8 aromatic carbocycles. The van der Waals surface area contributed by atoms with E-state index >= 15 is 0 Å². The van der Waals surface area contributed by atoms with Gasteiger partial charge >= 0.3 is 0 Å². The predicted molar refractivity (Wildman–Crippen MR) is 276 cm³/mol. The fourth-order valence-corrected chi connectivity index (χ4v) is 11.8. The molecule has 5 heteroatoms. The number of nitrogens with zero attached hydrogens (tertiary/aromatic N) is 2. The highest BCUT2D eigenvalue weighted by Gasteiger charge is 2.28. The molecule has 1 aliphatic heterocycles. The molecule has 3 atom stereocenters. The molecule has 4 nitrogen and oxygen atoms in total. The lowest BCUT2D eigenvalue weighted by molar-refractivity contribution is 0.640. The third kappa shape index (κ3) is 6.21. The highest BCUT2D eigenvalue weighted by Crippen LogP contribution is 2.44. The fraction of sp³-hybridized carbons (Fsp3) is 0.117. The summed E-state index contributed by atoms with van der Waals surface area (Å²) in [4.78, 5) is 5.90. The summed E-state index contributed by atoms with van der Waals surface area (Å²) in [7, 11) is 0. The Morgan fingerprint density at radius 2 is 1.42 bits per heavy atom. The molecule has 0 spiro atoms. The topological polar surface area (TPSA) is 42.5 Å². The van der Waals surface area contributed by atoms with Gasteiger partial charge in [-0.1, -0.05) is 147 Å². The summed E-state index contributed by atoms with van der Waals surface area (Å²) in [5, 5.41) is 13.8. The quantitative estimate of drug-likeness (QED) is 0.187. The van der Waals surface area contributed by atoms with Gasteiger partial charge in [-0.25, -0.2) is 0 Å². The Labute approximate surface area is 381 Å². The average Bonchev–Trinajstić information content (AvgIpc) is 4.02. The van der Waals surface area contributed by atoms with Crippen LogP contribution in [0.4, 0.5) is 0 Å². The molecule has 0 fully saturated rings. The Kier molecular flexibility index (Phi) is 8.82. The van der Waals surface area contributed by atoms with E-state index in [0.29, 0.717) is 5.92 Å². The van der Waals surface area contributed by atoms with Crippen LogP contribution in [0, 0.1) is 11.8 Å². The first-order valence-corrected chi connectivity index (χ1v) is 23.7. The van der Waals surface area contributed by atoms with E-state index < -0.39 is 6.17 Å². The van der Waals surface area contributed by atoms with Crippen LogP contribution >= 0.6 is 11.3 Å². The number of nitrogens with one attached hydrogen (secondary N) is 1. The van der Waals surface area contributed by atoms with Crippen LogP contribution in [-0.2, 0) is 0 Å². The molecule has 0 amide bonds. The van der Waals surface area contributed by atoms with E-state index in [1.165, 1.54) is 58.4 Å². The number of hydrogen-bond acceptors (Lipinski definition) is 4. The van der Waals surface area contributed by atoms with Crippen molar-refractivity contribution in [1.29, 1.82) is 0 Å². The number of rotatable bonds is 5. The molecule has 11 aromatic rings. The van der Waals surface area contributed by atoms with Crippen LogP contribution in [0.3, 0.4) is 0 Å². The van der Waals surface area contributed by atoms with Crippen LogP contribution in [0.5, 0.6) is 0 Å². The van der Waals surface area contributed by atoms with Crippen LogP contribution in [0.15, 0.2) is 198 Å². The van der Waals surface area contributed by atoms with Gasteiger partial charge in [0.25, 0.3) is 0 Å². The van der Waals surface area contributed by atoms with E-state index in [0.717, 1.165) is 74.0 Å². The van der Waals surface area contributed by atoms with Gasteiger partial charge in [0.2, 0.25) is 0 Å². The number of aromatic nitrogens is 1. The van der Waals surface area contributed by atoms with Crippen LogP contribution in [0.2, 0.25) is 0 Å². The van der Waals surface area contributed by atoms with Crippen molar-refractivity contribution in [3.8, 4) is 5.69 Å². The lowest BCUT2D eigenvalue weighted by Crippen LogP contribution is -2.26. The number of furan rings is 1. The molecular formula is C60H45N3OS. The summed E-state index contributed by atoms with van der Waals surface area (Å²) in [5.41, 5.74) is 13.2. The van der Waals surface area contributed by atoms with Gasteiger partial charge in [0, 0.05) is 70.2 Å². The molecule has 312 valence electrons. The Morgan fingerprint density at radius 3 is 2.31 bits per heavy atom. The van der Waals surface area contributed by atoms with Gasteiger partial charge in [-0.15, -0.1) is 11.3 Å². The molecule has 65 heavy (non-hydrogen) atoms. The molecule has 3 aromatic heterocycles. The molecule has 0 saturated carbocycles. The minimum Gasteiger partial charge on any atom is -0.454 e. The Balaban J connectivity index is 1.06. The van der Waals surface area contributed by atoms with Crippen LogP contribution in [0.1, 0.15) is 55.1 Å². The van der Waals surface area contributed by atoms with Crippen molar-refractivity contribution >= 4 is 103 Å². The Morgan fingerprint density at radius 1 is 0.646 bits per heavy atom. The van der Waals surface area contributed by atoms with Crippen LogP contribution < -0.4 is 5.32 Å². The van der Waals surface area contributed by atoms with E-state index in [9.17, 15) is 0 Å². The summed E-state index contributed by atoms with van der Waals surface area (Å²) >= 11 is 1.86. The molecule has 3 unspecified atom stereocenters. The maximum atomic E-state index is 7.03. The highest BCUT2D eigenvalue weighted by molar-refractivity contribution is 7.25. The lowest BCUT2D eigenvalue weighted by Gasteiger charge is -2.28. The predicted octanol–water partition coefficient (Wildman–Crippen LogP) is 16.3. The fourth-order valence-electron chi connectivity index (χ4n) is 10.7. The van der Waals surface area contributed by atoms with Crippen molar-refractivity contribution in [2.24, 2.45) is 16.8 Å². The minimum atomic E-state index is -0.391. The maximum absolute atomic E-state index is 7.03. The zero-order chi connectivity index (χ0) is 43.2. The number of allylic oxidation sites excluding steroid dienone is 5. The van der Waals surface area contributed by atoms with Crippen molar-refractivity contribution in [3.63, 3.8) is 0 Å². The molecule has 0 radical (unpaired) electrons. The van der Waals surface area contributed by atoms with Crippen molar-refractivity contribution < 1.29 is 4.42 Å². The molecular weight excluding hydrogens is 811 g/mol. The second-order valence-electron chi connectivity index (χ2n) is 18.0. The highest BCUT2D eigenvalue weighted by atomic mass is 32.1. The van der Waals surface area contributed by atoms with Gasteiger partial charge in [0.1, 0.15) is 11.7 Å². The van der Waals surface area contributed by atoms with E-state index in [4.69, 9.17) is 9.41 Å². The molecule has 4 heterocycles. The third-order valence-electron chi connectivity index (χ3n) is 13.8. The average molecular weight is 856 g/mol. The number of hydrogen-bond donors (Lipinski definition) is 1. The summed E-state index contributed by atoms with van der Waals surface area (Å²) in [5.74, 6) is 0.608. The minimum absolute atomic E-state index is 0.118. The second-order valence-corrected chi connectivity index (χ2v) is 19.1. The third-order valence-corrected chi connectivity index (χ3v) is 14.9. The van der Waals surface area contributed by atoms with Gasteiger partial charge in [-0.2, -0.15) is 0 Å². The van der Waals surface area contributed by atoms with Crippen LogP contribution in [0.25, 0.3) is 91.6 Å². The number of thiophene rings is 1.